The topological polar surface area (TPSA) is 98.6 Å². The molecular formula is C24H26FN3O5. The Balaban J connectivity index is 1.44. The van der Waals surface area contributed by atoms with Crippen molar-refractivity contribution < 1.29 is 18.5 Å². The van der Waals surface area contributed by atoms with Crippen LogP contribution in [0.5, 0.6) is 0 Å². The summed E-state index contributed by atoms with van der Waals surface area (Å²) in [6.07, 6.45) is 5.93. The molecule has 1 aliphatic rings. The number of nitro benzene ring substituents is 1. The van der Waals surface area contributed by atoms with Crippen LogP contribution in [0.1, 0.15) is 50.5 Å². The van der Waals surface area contributed by atoms with E-state index in [1.54, 1.807) is 12.1 Å². The summed E-state index contributed by atoms with van der Waals surface area (Å²) < 4.78 is 19.8. The highest BCUT2D eigenvalue weighted by atomic mass is 19.1. The first-order chi connectivity index (χ1) is 15.9. The van der Waals surface area contributed by atoms with Gasteiger partial charge in [0.15, 0.2) is 5.58 Å². The number of non-ortho nitro benzene ring substituents is 1. The molecule has 1 amide bonds. The standard InChI is InChI=1S/C24H26FN3O5/c25-18-10-8-17(9-11-18)16-27(19-5-2-1-3-6-19)23(29)7-4-14-26-21-13-12-20(28(31)32)15-22(21)33-24(26)30/h8-13,15,19H,1-7,14,16H2. The van der Waals surface area contributed by atoms with Crippen LogP contribution in [0.3, 0.4) is 0 Å². The molecule has 0 bridgehead atoms. The zero-order valence-electron chi connectivity index (χ0n) is 18.2. The van der Waals surface area contributed by atoms with E-state index in [9.17, 15) is 24.1 Å². The first-order valence-electron chi connectivity index (χ1n) is 11.2. The number of benzene rings is 2. The lowest BCUT2D eigenvalue weighted by Gasteiger charge is -2.34. The van der Waals surface area contributed by atoms with Crippen molar-refractivity contribution in [1.29, 1.82) is 0 Å². The number of aryl methyl sites for hydroxylation is 1. The Bertz CT molecular complexity index is 1200. The number of hydrogen-bond donors (Lipinski definition) is 0. The van der Waals surface area contributed by atoms with Crippen molar-refractivity contribution in [3.05, 3.63) is 74.5 Å². The number of rotatable bonds is 8. The van der Waals surface area contributed by atoms with Gasteiger partial charge in [-0.15, -0.1) is 0 Å². The summed E-state index contributed by atoms with van der Waals surface area (Å²) in [5, 5.41) is 10.9. The number of oxazole rings is 1. The molecule has 0 N–H and O–H groups in total. The quantitative estimate of drug-likeness (QED) is 0.359. The van der Waals surface area contributed by atoms with Gasteiger partial charge in [-0.3, -0.25) is 19.5 Å². The Morgan fingerprint density at radius 1 is 1.15 bits per heavy atom. The summed E-state index contributed by atoms with van der Waals surface area (Å²) in [5.41, 5.74) is 1.35. The maximum absolute atomic E-state index is 13.3. The van der Waals surface area contributed by atoms with Crippen LogP contribution in [0.15, 0.2) is 51.7 Å². The molecule has 1 fully saturated rings. The SMILES string of the molecule is O=C(CCCn1c(=O)oc2cc([N+](=O)[O-])ccc21)N(Cc1ccc(F)cc1)C1CCCCC1. The van der Waals surface area contributed by atoms with Crippen LogP contribution in [-0.2, 0) is 17.9 Å². The van der Waals surface area contributed by atoms with Crippen LogP contribution in [0.2, 0.25) is 0 Å². The van der Waals surface area contributed by atoms with Gasteiger partial charge in [-0.1, -0.05) is 31.4 Å². The van der Waals surface area contributed by atoms with Crippen molar-refractivity contribution in [2.24, 2.45) is 0 Å². The molecule has 1 saturated carbocycles. The minimum absolute atomic E-state index is 0.00251. The number of amides is 1. The van der Waals surface area contributed by atoms with Crippen molar-refractivity contribution in [2.45, 2.75) is 64.1 Å². The van der Waals surface area contributed by atoms with Crippen molar-refractivity contribution in [3.8, 4) is 0 Å². The zero-order valence-corrected chi connectivity index (χ0v) is 18.2. The fourth-order valence-electron chi connectivity index (χ4n) is 4.51. The largest absolute Gasteiger partial charge is 0.419 e. The Hall–Kier alpha value is -3.49. The second-order valence-electron chi connectivity index (χ2n) is 8.47. The highest BCUT2D eigenvalue weighted by Gasteiger charge is 2.25. The van der Waals surface area contributed by atoms with Gasteiger partial charge in [0.2, 0.25) is 5.91 Å². The van der Waals surface area contributed by atoms with E-state index in [1.165, 1.54) is 41.3 Å². The van der Waals surface area contributed by atoms with Gasteiger partial charge in [0.1, 0.15) is 5.82 Å². The monoisotopic (exact) mass is 455 g/mol. The number of nitro groups is 1. The summed E-state index contributed by atoms with van der Waals surface area (Å²) >= 11 is 0. The summed E-state index contributed by atoms with van der Waals surface area (Å²) in [7, 11) is 0. The number of carbonyl (C=O) groups is 1. The molecule has 0 saturated heterocycles. The second-order valence-corrected chi connectivity index (χ2v) is 8.47. The average Bonchev–Trinajstić information content (AvgIpc) is 3.13. The summed E-state index contributed by atoms with van der Waals surface area (Å²) in [6, 6.07) is 10.4. The lowest BCUT2D eigenvalue weighted by molar-refractivity contribution is -0.384. The van der Waals surface area contributed by atoms with Crippen LogP contribution in [0, 0.1) is 15.9 Å². The first-order valence-corrected chi connectivity index (χ1v) is 11.2. The van der Waals surface area contributed by atoms with Gasteiger partial charge in [0.25, 0.3) is 5.69 Å². The Labute approximate surface area is 189 Å². The normalized spacial score (nSPS) is 14.5. The smallest absolute Gasteiger partial charge is 0.407 e. The number of aromatic nitrogens is 1. The van der Waals surface area contributed by atoms with E-state index in [1.807, 2.05) is 4.90 Å². The molecule has 2 aromatic carbocycles. The van der Waals surface area contributed by atoms with Crippen molar-refractivity contribution in [3.63, 3.8) is 0 Å². The molecule has 8 nitrogen and oxygen atoms in total. The lowest BCUT2D eigenvalue weighted by atomic mass is 9.93. The molecule has 174 valence electrons. The molecule has 1 aliphatic carbocycles. The molecule has 1 aromatic heterocycles. The second kappa shape index (κ2) is 9.97. The zero-order chi connectivity index (χ0) is 23.4. The van der Waals surface area contributed by atoms with Crippen LogP contribution in [0.4, 0.5) is 10.1 Å². The maximum atomic E-state index is 13.3. The Kier molecular flexibility index (Phi) is 6.86. The van der Waals surface area contributed by atoms with Crippen LogP contribution >= 0.6 is 0 Å². The minimum Gasteiger partial charge on any atom is -0.407 e. The predicted molar refractivity (Wildman–Crippen MR) is 120 cm³/mol. The number of fused-ring (bicyclic) bond motifs is 1. The molecular weight excluding hydrogens is 429 g/mol. The average molecular weight is 455 g/mol. The fraction of sp³-hybridized carbons (Fsp3) is 0.417. The third-order valence-corrected chi connectivity index (χ3v) is 6.24. The van der Waals surface area contributed by atoms with Gasteiger partial charge in [0.05, 0.1) is 16.5 Å². The maximum Gasteiger partial charge on any atom is 0.419 e. The van der Waals surface area contributed by atoms with Gasteiger partial charge in [-0.05, 0) is 43.0 Å². The molecule has 4 rings (SSSR count). The van der Waals surface area contributed by atoms with E-state index in [4.69, 9.17) is 4.42 Å². The molecule has 0 radical (unpaired) electrons. The van der Waals surface area contributed by atoms with E-state index >= 15 is 0 Å². The third-order valence-electron chi connectivity index (χ3n) is 6.24. The molecule has 0 atom stereocenters. The lowest BCUT2D eigenvalue weighted by Crippen LogP contribution is -2.41. The van der Waals surface area contributed by atoms with Crippen molar-refractivity contribution >= 4 is 22.7 Å². The third kappa shape index (κ3) is 5.30. The highest BCUT2D eigenvalue weighted by Crippen LogP contribution is 2.25. The van der Waals surface area contributed by atoms with E-state index in [0.717, 1.165) is 31.2 Å². The molecule has 0 spiro atoms. The van der Waals surface area contributed by atoms with Crippen LogP contribution in [-0.4, -0.2) is 26.3 Å². The summed E-state index contributed by atoms with van der Waals surface area (Å²) in [5.74, 6) is -0.909. The van der Waals surface area contributed by atoms with Crippen LogP contribution in [0.25, 0.3) is 11.1 Å². The Morgan fingerprint density at radius 2 is 1.88 bits per heavy atom. The number of nitrogens with zero attached hydrogens (tertiary/aromatic N) is 3. The van der Waals surface area contributed by atoms with Crippen molar-refractivity contribution in [1.82, 2.24) is 9.47 Å². The molecule has 0 aliphatic heterocycles. The van der Waals surface area contributed by atoms with Gasteiger partial charge in [-0.2, -0.15) is 0 Å². The van der Waals surface area contributed by atoms with E-state index in [0.29, 0.717) is 18.5 Å². The Morgan fingerprint density at radius 3 is 2.58 bits per heavy atom. The summed E-state index contributed by atoms with van der Waals surface area (Å²) in [6.45, 7) is 0.701. The van der Waals surface area contributed by atoms with Gasteiger partial charge in [0, 0.05) is 31.6 Å². The van der Waals surface area contributed by atoms with E-state index < -0.39 is 10.7 Å². The van der Waals surface area contributed by atoms with Crippen LogP contribution < -0.4 is 5.76 Å². The predicted octanol–water partition coefficient (Wildman–Crippen LogP) is 4.78. The van der Waals surface area contributed by atoms with Gasteiger partial charge >= 0.3 is 5.76 Å². The molecule has 0 unspecified atom stereocenters. The first kappa shape index (κ1) is 22.7. The van der Waals surface area contributed by atoms with Gasteiger partial charge < -0.3 is 9.32 Å². The van der Waals surface area contributed by atoms with E-state index in [2.05, 4.69) is 0 Å². The molecule has 33 heavy (non-hydrogen) atoms. The fourth-order valence-corrected chi connectivity index (χ4v) is 4.51. The minimum atomic E-state index is -0.603. The van der Waals surface area contributed by atoms with Gasteiger partial charge in [-0.25, -0.2) is 9.18 Å². The van der Waals surface area contributed by atoms with Crippen molar-refractivity contribution in [2.75, 3.05) is 0 Å². The number of halogens is 1. The number of carbonyl (C=O) groups excluding carboxylic acids is 1. The summed E-state index contributed by atoms with van der Waals surface area (Å²) in [4.78, 5) is 37.7. The molecule has 9 heteroatoms. The molecule has 3 aromatic rings. The highest BCUT2D eigenvalue weighted by molar-refractivity contribution is 5.77. The van der Waals surface area contributed by atoms with E-state index in [-0.39, 0.29) is 42.0 Å². The number of hydrogen-bond acceptors (Lipinski definition) is 5. The molecule has 1 heterocycles.